The lowest BCUT2D eigenvalue weighted by molar-refractivity contribution is -0.201. The molecule has 11 atom stereocenters. The van der Waals surface area contributed by atoms with E-state index in [1.165, 1.54) is 0 Å². The Kier molecular flexibility index (Phi) is 12.3. The van der Waals surface area contributed by atoms with Gasteiger partial charge in [0.05, 0.1) is 31.5 Å². The molecule has 0 radical (unpaired) electrons. The molecule has 1 aromatic rings. The van der Waals surface area contributed by atoms with Gasteiger partial charge >= 0.3 is 5.97 Å². The van der Waals surface area contributed by atoms with Crippen LogP contribution in [0.25, 0.3) is 0 Å². The zero-order valence-electron chi connectivity index (χ0n) is 37.6. The summed E-state index contributed by atoms with van der Waals surface area (Å²) >= 11 is 0. The third-order valence-corrected chi connectivity index (χ3v) is 16.3. The van der Waals surface area contributed by atoms with Crippen molar-refractivity contribution < 1.29 is 67.9 Å². The zero-order chi connectivity index (χ0) is 47.6. The molecule has 1 aromatic carbocycles. The molecule has 18 nitrogen and oxygen atoms in total. The summed E-state index contributed by atoms with van der Waals surface area (Å²) in [6, 6.07) is 6.59. The quantitative estimate of drug-likeness (QED) is 0.155. The molecule has 6 fully saturated rings. The number of nitrogens with zero attached hydrogens (tertiary/aromatic N) is 2. The SMILES string of the molecule is C[C@]12C=CC(=O)C=C1CC[C@@H]1[C@@H]2[C@@H](O)C[C@@]2(C)[C@H]1C[C@H]1O[C@H](c3ccc(CC4CC5(CO4)CN(C(=O)[C@H](CCC(=O)O)NC(=O)CNC(=O)CCN4C(=O)C=CC4=O)C5)cc3)O[C@]12C(=O)CO. The number of amides is 5. The average molecular weight is 927 g/mol. The molecule has 8 aliphatic rings. The van der Waals surface area contributed by atoms with E-state index in [4.69, 9.17) is 14.2 Å². The predicted molar refractivity (Wildman–Crippen MR) is 233 cm³/mol. The van der Waals surface area contributed by atoms with Gasteiger partial charge in [0.25, 0.3) is 11.8 Å². The minimum absolute atomic E-state index is 0.0187. The largest absolute Gasteiger partial charge is 0.481 e. The van der Waals surface area contributed by atoms with E-state index >= 15 is 0 Å². The average Bonchev–Trinajstić information content (AvgIpc) is 4.03. The van der Waals surface area contributed by atoms with Crippen LogP contribution in [0.3, 0.4) is 0 Å². The summed E-state index contributed by atoms with van der Waals surface area (Å²) < 4.78 is 19.6. The minimum atomic E-state index is -1.46. The first kappa shape index (κ1) is 46.7. The standard InChI is InChI=1S/C49H58N4O14/c1-46-15-13-30(55)18-29(46)7-8-32-33-19-37-49(36(57)23-54,47(33,2)21-35(56)43(32)46)67-45(66-37)28-5-3-27(4-6-28)17-31-20-48(26-65-31)24-52(25-48)44(64)34(9-12-42(62)63)51-39(59)22-50-38(58)14-16-53-40(60)10-11-41(53)61/h3-6,10-11,13,15,18,31-35,37,43,45,54,56H,7-9,12,14,16-17,19-26H2,1-2H3,(H,50,58)(H,51,59)(H,62,63)/t31?,32-,33-,34-,35-,37+,43+,45-,46-,47-,49+/m0/s1. The topological polar surface area (TPSA) is 255 Å². The summed E-state index contributed by atoms with van der Waals surface area (Å²) in [5.74, 6) is -4.52. The number of Topliss-reactive ketones (excluding diaryl/α,β-unsaturated/α-hetero) is 1. The number of hydrogen-bond acceptors (Lipinski definition) is 13. The number of rotatable bonds is 15. The van der Waals surface area contributed by atoms with Gasteiger partial charge in [0.1, 0.15) is 12.6 Å². The number of nitrogens with one attached hydrogen (secondary N) is 2. The third-order valence-electron chi connectivity index (χ3n) is 16.3. The number of allylic oxidation sites excluding steroid dienone is 4. The Labute approximate surface area is 387 Å². The van der Waals surface area contributed by atoms with E-state index in [0.29, 0.717) is 44.5 Å². The Balaban J connectivity index is 0.779. The molecule has 5 amide bonds. The van der Waals surface area contributed by atoms with Crippen molar-refractivity contribution in [3.63, 3.8) is 0 Å². The number of likely N-dealkylation sites (tertiary alicyclic amines) is 1. The summed E-state index contributed by atoms with van der Waals surface area (Å²) in [6.07, 6.45) is 7.87. The van der Waals surface area contributed by atoms with Gasteiger partial charge in [-0.25, -0.2) is 0 Å². The number of aliphatic hydroxyl groups excluding tert-OH is 2. The molecule has 67 heavy (non-hydrogen) atoms. The summed E-state index contributed by atoms with van der Waals surface area (Å²) in [7, 11) is 0. The normalized spacial score (nSPS) is 34.8. The Morgan fingerprint density at radius 1 is 0.955 bits per heavy atom. The fraction of sp³-hybridized carbons (Fsp3) is 0.592. The second kappa shape index (κ2) is 17.6. The summed E-state index contributed by atoms with van der Waals surface area (Å²) in [6.45, 7) is 3.87. The number of ether oxygens (including phenoxy) is 3. The fourth-order valence-electron chi connectivity index (χ4n) is 13.2. The number of carboxylic acids is 1. The highest BCUT2D eigenvalue weighted by molar-refractivity contribution is 6.13. The molecule has 4 heterocycles. The molecular formula is C49H58N4O14. The van der Waals surface area contributed by atoms with E-state index in [1.807, 2.05) is 37.3 Å². The number of carbonyl (C=O) groups is 8. The van der Waals surface area contributed by atoms with Gasteiger partial charge in [-0.3, -0.25) is 43.3 Å². The predicted octanol–water partition coefficient (Wildman–Crippen LogP) is 1.23. The molecule has 9 rings (SSSR count). The van der Waals surface area contributed by atoms with Gasteiger partial charge in [0.2, 0.25) is 17.7 Å². The first-order valence-electron chi connectivity index (χ1n) is 23.3. The van der Waals surface area contributed by atoms with Crippen LogP contribution in [0, 0.1) is 34.0 Å². The first-order chi connectivity index (χ1) is 31.9. The maximum atomic E-state index is 14.0. The number of aliphatic carboxylic acids is 1. The molecule has 4 aliphatic heterocycles. The minimum Gasteiger partial charge on any atom is -0.481 e. The molecule has 1 spiro atoms. The van der Waals surface area contributed by atoms with Gasteiger partial charge in [0.15, 0.2) is 23.5 Å². The lowest BCUT2D eigenvalue weighted by Gasteiger charge is -2.59. The molecule has 358 valence electrons. The number of benzene rings is 1. The highest BCUT2D eigenvalue weighted by Crippen LogP contribution is 2.70. The molecule has 18 heteroatoms. The Hall–Kier alpha value is -5.40. The van der Waals surface area contributed by atoms with E-state index in [0.717, 1.165) is 41.0 Å². The second-order valence-corrected chi connectivity index (χ2v) is 20.4. The van der Waals surface area contributed by atoms with Crippen molar-refractivity contribution in [2.75, 3.05) is 39.4 Å². The monoisotopic (exact) mass is 926 g/mol. The Morgan fingerprint density at radius 3 is 2.39 bits per heavy atom. The molecule has 3 saturated heterocycles. The fourth-order valence-corrected chi connectivity index (χ4v) is 13.2. The van der Waals surface area contributed by atoms with E-state index < -0.39 is 95.4 Å². The van der Waals surface area contributed by atoms with Crippen molar-refractivity contribution >= 4 is 47.1 Å². The second-order valence-electron chi connectivity index (χ2n) is 20.4. The van der Waals surface area contributed by atoms with Crippen LogP contribution in [0.2, 0.25) is 0 Å². The van der Waals surface area contributed by atoms with Crippen LogP contribution in [-0.4, -0.2) is 142 Å². The number of carboxylic acid groups (broad SMARTS) is 1. The molecule has 5 N–H and O–H groups in total. The van der Waals surface area contributed by atoms with Crippen LogP contribution >= 0.6 is 0 Å². The van der Waals surface area contributed by atoms with E-state index in [-0.39, 0.29) is 67.3 Å². The molecule has 4 aliphatic carbocycles. The Bertz CT molecular complexity index is 2340. The van der Waals surface area contributed by atoms with Crippen molar-refractivity contribution in [2.45, 2.75) is 108 Å². The van der Waals surface area contributed by atoms with Gasteiger partial charge in [-0.05, 0) is 74.5 Å². The number of ketones is 2. The molecule has 1 unspecified atom stereocenters. The number of aliphatic hydroxyl groups is 2. The molecule has 3 saturated carbocycles. The van der Waals surface area contributed by atoms with E-state index in [2.05, 4.69) is 17.6 Å². The third kappa shape index (κ3) is 8.17. The molecule has 0 aromatic heterocycles. The van der Waals surface area contributed by atoms with Crippen molar-refractivity contribution in [3.05, 3.63) is 71.3 Å². The smallest absolute Gasteiger partial charge is 0.303 e. The maximum absolute atomic E-state index is 14.0. The van der Waals surface area contributed by atoms with Gasteiger partial charge in [-0.2, -0.15) is 0 Å². The van der Waals surface area contributed by atoms with Crippen LogP contribution in [0.5, 0.6) is 0 Å². The van der Waals surface area contributed by atoms with Crippen LogP contribution < -0.4 is 10.6 Å². The number of carbonyl (C=O) groups excluding carboxylic acids is 7. The van der Waals surface area contributed by atoms with Gasteiger partial charge in [-0.15, -0.1) is 0 Å². The number of imide groups is 1. The molecule has 0 bridgehead atoms. The van der Waals surface area contributed by atoms with Gasteiger partial charge in [0, 0.05) is 72.4 Å². The zero-order valence-corrected chi connectivity index (χ0v) is 37.6. The number of fused-ring (bicyclic) bond motifs is 7. The maximum Gasteiger partial charge on any atom is 0.303 e. The first-order valence-corrected chi connectivity index (χ1v) is 23.3. The lowest BCUT2D eigenvalue weighted by Crippen LogP contribution is -2.63. The summed E-state index contributed by atoms with van der Waals surface area (Å²) in [4.78, 5) is 102. The van der Waals surface area contributed by atoms with Crippen molar-refractivity contribution in [2.24, 2.45) is 34.0 Å². The summed E-state index contributed by atoms with van der Waals surface area (Å²) in [5.41, 5.74) is -0.310. The van der Waals surface area contributed by atoms with Crippen LogP contribution in [-0.2, 0) is 59.0 Å². The van der Waals surface area contributed by atoms with Crippen molar-refractivity contribution in [1.29, 1.82) is 0 Å². The van der Waals surface area contributed by atoms with Gasteiger partial charge in [-0.1, -0.05) is 49.8 Å². The van der Waals surface area contributed by atoms with Crippen LogP contribution in [0.4, 0.5) is 0 Å². The van der Waals surface area contributed by atoms with Gasteiger partial charge < -0.3 is 45.1 Å². The Morgan fingerprint density at radius 2 is 1.69 bits per heavy atom. The highest BCUT2D eigenvalue weighted by Gasteiger charge is 2.76. The van der Waals surface area contributed by atoms with Crippen LogP contribution in [0.1, 0.15) is 82.6 Å². The summed E-state index contributed by atoms with van der Waals surface area (Å²) in [5, 5.41) is 36.6. The van der Waals surface area contributed by atoms with E-state index in [9.17, 15) is 53.7 Å². The lowest BCUT2D eigenvalue weighted by atomic mass is 9.46. The van der Waals surface area contributed by atoms with Crippen molar-refractivity contribution in [1.82, 2.24) is 20.4 Å². The highest BCUT2D eigenvalue weighted by atomic mass is 16.7. The van der Waals surface area contributed by atoms with E-state index in [1.54, 1.807) is 17.1 Å². The van der Waals surface area contributed by atoms with Crippen LogP contribution in [0.15, 0.2) is 60.2 Å². The molecular weight excluding hydrogens is 869 g/mol. The number of hydrogen-bond donors (Lipinski definition) is 5. The van der Waals surface area contributed by atoms with Crippen molar-refractivity contribution in [3.8, 4) is 0 Å².